The molecular weight excluding hydrogens is 268 g/mol. The summed E-state index contributed by atoms with van der Waals surface area (Å²) in [5, 5.41) is 10.0. The smallest absolute Gasteiger partial charge is 0.0900 e. The average molecular weight is 285 g/mol. The lowest BCUT2D eigenvalue weighted by molar-refractivity contribution is -0.107. The maximum absolute atomic E-state index is 10.0. The van der Waals surface area contributed by atoms with E-state index >= 15 is 0 Å². The fourth-order valence-corrected chi connectivity index (χ4v) is 2.49. The van der Waals surface area contributed by atoms with Crippen LogP contribution in [0.2, 0.25) is 0 Å². The fraction of sp³-hybridized carbons (Fsp3) is 0.583. The molecule has 0 spiro atoms. The molecule has 0 aromatic carbocycles. The van der Waals surface area contributed by atoms with Crippen LogP contribution in [0, 0.1) is 0 Å². The van der Waals surface area contributed by atoms with Crippen molar-refractivity contribution in [3.05, 3.63) is 28.5 Å². The Morgan fingerprint density at radius 1 is 1.50 bits per heavy atom. The lowest BCUT2D eigenvalue weighted by Gasteiger charge is -2.46. The molecule has 1 saturated heterocycles. The first-order valence-electron chi connectivity index (χ1n) is 5.66. The normalized spacial score (nSPS) is 19.4. The summed E-state index contributed by atoms with van der Waals surface area (Å²) in [6.45, 7) is 4.49. The molecule has 2 heterocycles. The third-order valence-electron chi connectivity index (χ3n) is 2.93. The molecule has 1 aliphatic rings. The number of aliphatic hydroxyl groups is 1. The van der Waals surface area contributed by atoms with Crippen molar-refractivity contribution in [2.24, 2.45) is 0 Å². The molecule has 0 radical (unpaired) electrons. The van der Waals surface area contributed by atoms with E-state index in [4.69, 9.17) is 0 Å². The molecule has 0 saturated carbocycles. The van der Waals surface area contributed by atoms with E-state index in [0.29, 0.717) is 0 Å². The number of likely N-dealkylation sites (tertiary alicyclic amines) is 1. The second-order valence-electron chi connectivity index (χ2n) is 4.59. The third kappa shape index (κ3) is 2.81. The van der Waals surface area contributed by atoms with Crippen LogP contribution in [0.5, 0.6) is 0 Å². The first kappa shape index (κ1) is 12.0. The topological polar surface area (TPSA) is 36.4 Å². The summed E-state index contributed by atoms with van der Waals surface area (Å²) in [7, 11) is 0. The van der Waals surface area contributed by atoms with Gasteiger partial charge in [-0.1, -0.05) is 13.3 Å². The first-order valence-corrected chi connectivity index (χ1v) is 6.46. The summed E-state index contributed by atoms with van der Waals surface area (Å²) in [6.07, 6.45) is 3.76. The molecule has 0 unspecified atom stereocenters. The Kier molecular flexibility index (Phi) is 3.62. The van der Waals surface area contributed by atoms with E-state index in [0.717, 1.165) is 42.6 Å². The Morgan fingerprint density at radius 3 is 2.81 bits per heavy atom. The summed E-state index contributed by atoms with van der Waals surface area (Å²) in [5.41, 5.74) is 0.617. The summed E-state index contributed by atoms with van der Waals surface area (Å²) < 4.78 is 1.00. The fourth-order valence-electron chi connectivity index (χ4n) is 2.25. The molecule has 1 fully saturated rings. The maximum Gasteiger partial charge on any atom is 0.0900 e. The summed E-state index contributed by atoms with van der Waals surface area (Å²) in [6, 6.07) is 4.02. The first-order chi connectivity index (χ1) is 7.61. The number of pyridine rings is 1. The molecular formula is C12H17BrN2O. The number of halogens is 1. The second kappa shape index (κ2) is 4.82. The summed E-state index contributed by atoms with van der Waals surface area (Å²) >= 11 is 3.37. The van der Waals surface area contributed by atoms with Crippen molar-refractivity contribution >= 4 is 15.9 Å². The maximum atomic E-state index is 10.0. The van der Waals surface area contributed by atoms with E-state index < -0.39 is 5.60 Å². The minimum absolute atomic E-state index is 0.440. The number of hydrogen-bond acceptors (Lipinski definition) is 3. The van der Waals surface area contributed by atoms with Crippen LogP contribution in [0.1, 0.15) is 25.5 Å². The van der Waals surface area contributed by atoms with E-state index in [1.165, 1.54) is 0 Å². The van der Waals surface area contributed by atoms with Crippen LogP contribution in [0.3, 0.4) is 0 Å². The van der Waals surface area contributed by atoms with Gasteiger partial charge in [-0.05, 0) is 34.5 Å². The molecule has 16 heavy (non-hydrogen) atoms. The SMILES string of the molecule is CCCC1(O)CN(Cc2ccc(Br)cn2)C1. The molecule has 1 N–H and O–H groups in total. The van der Waals surface area contributed by atoms with Gasteiger partial charge in [0.1, 0.15) is 0 Å². The lowest BCUT2D eigenvalue weighted by atomic mass is 9.89. The molecule has 0 atom stereocenters. The minimum atomic E-state index is -0.440. The summed E-state index contributed by atoms with van der Waals surface area (Å²) in [5.74, 6) is 0. The lowest BCUT2D eigenvalue weighted by Crippen LogP contribution is -2.61. The molecule has 1 aliphatic heterocycles. The quantitative estimate of drug-likeness (QED) is 0.921. The number of hydrogen-bond donors (Lipinski definition) is 1. The van der Waals surface area contributed by atoms with Crippen molar-refractivity contribution in [3.63, 3.8) is 0 Å². The van der Waals surface area contributed by atoms with Crippen LogP contribution in [-0.4, -0.2) is 33.7 Å². The Labute approximate surface area is 105 Å². The minimum Gasteiger partial charge on any atom is -0.387 e. The molecule has 3 nitrogen and oxygen atoms in total. The Hall–Kier alpha value is -0.450. The van der Waals surface area contributed by atoms with Crippen LogP contribution < -0.4 is 0 Å². The van der Waals surface area contributed by atoms with Gasteiger partial charge in [0.05, 0.1) is 11.3 Å². The van der Waals surface area contributed by atoms with Crippen molar-refractivity contribution in [1.82, 2.24) is 9.88 Å². The van der Waals surface area contributed by atoms with Crippen LogP contribution in [0.15, 0.2) is 22.8 Å². The highest BCUT2D eigenvalue weighted by Gasteiger charge is 2.39. The van der Waals surface area contributed by atoms with Crippen molar-refractivity contribution in [2.75, 3.05) is 13.1 Å². The van der Waals surface area contributed by atoms with E-state index in [9.17, 15) is 5.11 Å². The number of aromatic nitrogens is 1. The largest absolute Gasteiger partial charge is 0.387 e. The second-order valence-corrected chi connectivity index (χ2v) is 5.50. The number of rotatable bonds is 4. The number of β-amino-alcohol motifs (C(OH)–C–C–N with tert-alkyl or cyclic N) is 1. The van der Waals surface area contributed by atoms with Crippen molar-refractivity contribution in [2.45, 2.75) is 31.9 Å². The van der Waals surface area contributed by atoms with Gasteiger partial charge in [0.2, 0.25) is 0 Å². The predicted molar refractivity (Wildman–Crippen MR) is 67.1 cm³/mol. The molecule has 1 aromatic rings. The highest BCUT2D eigenvalue weighted by molar-refractivity contribution is 9.10. The monoisotopic (exact) mass is 284 g/mol. The van der Waals surface area contributed by atoms with Gasteiger partial charge in [-0.3, -0.25) is 9.88 Å². The zero-order valence-corrected chi connectivity index (χ0v) is 11.1. The van der Waals surface area contributed by atoms with Gasteiger partial charge in [-0.2, -0.15) is 0 Å². The van der Waals surface area contributed by atoms with Gasteiger partial charge in [0.15, 0.2) is 0 Å². The third-order valence-corrected chi connectivity index (χ3v) is 3.39. The van der Waals surface area contributed by atoms with E-state index in [1.807, 2.05) is 18.3 Å². The van der Waals surface area contributed by atoms with Crippen LogP contribution in [0.25, 0.3) is 0 Å². The van der Waals surface area contributed by atoms with Crippen LogP contribution in [-0.2, 0) is 6.54 Å². The van der Waals surface area contributed by atoms with E-state index in [1.54, 1.807) is 0 Å². The highest BCUT2D eigenvalue weighted by atomic mass is 79.9. The standard InChI is InChI=1S/C12H17BrN2O/c1-2-5-12(16)8-15(9-12)7-11-4-3-10(13)6-14-11/h3-4,6,16H,2,5,7-9H2,1H3. The van der Waals surface area contributed by atoms with Gasteiger partial charge >= 0.3 is 0 Å². The van der Waals surface area contributed by atoms with Crippen molar-refractivity contribution < 1.29 is 5.11 Å². The predicted octanol–water partition coefficient (Wildman–Crippen LogP) is 2.19. The van der Waals surface area contributed by atoms with Gasteiger partial charge < -0.3 is 5.11 Å². The molecule has 1 aromatic heterocycles. The molecule has 2 rings (SSSR count). The molecule has 0 aliphatic carbocycles. The van der Waals surface area contributed by atoms with E-state index in [-0.39, 0.29) is 0 Å². The molecule has 4 heteroatoms. The van der Waals surface area contributed by atoms with Gasteiger partial charge in [0.25, 0.3) is 0 Å². The van der Waals surface area contributed by atoms with Crippen LogP contribution >= 0.6 is 15.9 Å². The van der Waals surface area contributed by atoms with Crippen molar-refractivity contribution in [1.29, 1.82) is 0 Å². The van der Waals surface area contributed by atoms with Gasteiger partial charge in [0, 0.05) is 30.3 Å². The molecule has 88 valence electrons. The highest BCUT2D eigenvalue weighted by Crippen LogP contribution is 2.26. The van der Waals surface area contributed by atoms with Crippen LogP contribution in [0.4, 0.5) is 0 Å². The van der Waals surface area contributed by atoms with Gasteiger partial charge in [-0.25, -0.2) is 0 Å². The Morgan fingerprint density at radius 2 is 2.25 bits per heavy atom. The van der Waals surface area contributed by atoms with E-state index in [2.05, 4.69) is 32.7 Å². The Balaban J connectivity index is 1.83. The molecule has 0 amide bonds. The average Bonchev–Trinajstić information content (AvgIpc) is 2.19. The number of nitrogens with zero attached hydrogens (tertiary/aromatic N) is 2. The summed E-state index contributed by atoms with van der Waals surface area (Å²) in [4.78, 5) is 6.55. The molecule has 0 bridgehead atoms. The van der Waals surface area contributed by atoms with Gasteiger partial charge in [-0.15, -0.1) is 0 Å². The Bertz CT molecular complexity index is 347. The van der Waals surface area contributed by atoms with Crippen molar-refractivity contribution in [3.8, 4) is 0 Å². The zero-order valence-electron chi connectivity index (χ0n) is 9.49. The zero-order chi connectivity index (χ0) is 11.6.